The highest BCUT2D eigenvalue weighted by Gasteiger charge is 2.45. The van der Waals surface area contributed by atoms with Crippen molar-refractivity contribution in [1.82, 2.24) is 10.6 Å². The standard InChI is InChI=1S/C14H19FN2/c15-12-5-3-11(4-6-12)14(7-8-14)17-13-2-1-9-16-10-13/h3-6,13,16-17H,1-2,7-10H2. The lowest BCUT2D eigenvalue weighted by molar-refractivity contribution is 0.342. The molecule has 1 saturated heterocycles. The van der Waals surface area contributed by atoms with Crippen LogP contribution in [-0.4, -0.2) is 19.1 Å². The highest BCUT2D eigenvalue weighted by Crippen LogP contribution is 2.46. The smallest absolute Gasteiger partial charge is 0.123 e. The maximum atomic E-state index is 12.9. The van der Waals surface area contributed by atoms with Gasteiger partial charge in [-0.05, 0) is 49.9 Å². The van der Waals surface area contributed by atoms with Crippen LogP contribution in [0.1, 0.15) is 31.2 Å². The number of rotatable bonds is 3. The number of hydrogen-bond acceptors (Lipinski definition) is 2. The molecule has 1 aliphatic heterocycles. The Kier molecular flexibility index (Phi) is 2.89. The number of halogens is 1. The van der Waals surface area contributed by atoms with Crippen LogP contribution in [0.3, 0.4) is 0 Å². The topological polar surface area (TPSA) is 24.1 Å². The van der Waals surface area contributed by atoms with Crippen LogP contribution < -0.4 is 10.6 Å². The van der Waals surface area contributed by atoms with Crippen LogP contribution in [0, 0.1) is 5.82 Å². The Bertz CT molecular complexity index is 378. The first-order valence-electron chi connectivity index (χ1n) is 6.53. The zero-order chi connectivity index (χ0) is 11.7. The zero-order valence-electron chi connectivity index (χ0n) is 10.0. The first-order valence-corrected chi connectivity index (χ1v) is 6.53. The molecule has 3 rings (SSSR count). The molecule has 0 radical (unpaired) electrons. The number of nitrogens with one attached hydrogen (secondary N) is 2. The molecular formula is C14H19FN2. The molecule has 0 bridgehead atoms. The van der Waals surface area contributed by atoms with Crippen LogP contribution in [0.15, 0.2) is 24.3 Å². The first kappa shape index (κ1) is 11.2. The molecule has 1 atom stereocenters. The molecule has 0 amide bonds. The minimum absolute atomic E-state index is 0.136. The van der Waals surface area contributed by atoms with Gasteiger partial charge in [-0.3, -0.25) is 0 Å². The molecule has 1 aromatic rings. The van der Waals surface area contributed by atoms with Gasteiger partial charge in [-0.25, -0.2) is 4.39 Å². The highest BCUT2D eigenvalue weighted by molar-refractivity contribution is 5.30. The van der Waals surface area contributed by atoms with E-state index in [1.807, 2.05) is 12.1 Å². The third-order valence-electron chi connectivity index (χ3n) is 3.92. The van der Waals surface area contributed by atoms with E-state index in [0.29, 0.717) is 6.04 Å². The van der Waals surface area contributed by atoms with E-state index in [2.05, 4.69) is 10.6 Å². The van der Waals surface area contributed by atoms with Crippen molar-refractivity contribution in [2.45, 2.75) is 37.3 Å². The lowest BCUT2D eigenvalue weighted by Gasteiger charge is -2.29. The molecule has 2 fully saturated rings. The van der Waals surface area contributed by atoms with Crippen molar-refractivity contribution in [1.29, 1.82) is 0 Å². The van der Waals surface area contributed by atoms with E-state index in [0.717, 1.165) is 13.1 Å². The molecule has 2 N–H and O–H groups in total. The Morgan fingerprint density at radius 3 is 2.59 bits per heavy atom. The van der Waals surface area contributed by atoms with E-state index in [-0.39, 0.29) is 11.4 Å². The van der Waals surface area contributed by atoms with Crippen molar-refractivity contribution < 1.29 is 4.39 Å². The first-order chi connectivity index (χ1) is 8.28. The van der Waals surface area contributed by atoms with E-state index < -0.39 is 0 Å². The molecule has 1 aromatic carbocycles. The Labute approximate surface area is 102 Å². The third kappa shape index (κ3) is 2.35. The fourth-order valence-electron chi connectivity index (χ4n) is 2.78. The van der Waals surface area contributed by atoms with Gasteiger partial charge in [0.2, 0.25) is 0 Å². The fraction of sp³-hybridized carbons (Fsp3) is 0.571. The van der Waals surface area contributed by atoms with E-state index in [1.54, 1.807) is 12.1 Å². The van der Waals surface area contributed by atoms with Crippen LogP contribution in [0.5, 0.6) is 0 Å². The predicted molar refractivity (Wildman–Crippen MR) is 66.3 cm³/mol. The molecule has 1 unspecified atom stereocenters. The minimum atomic E-state index is -0.149. The van der Waals surface area contributed by atoms with Gasteiger partial charge in [-0.1, -0.05) is 12.1 Å². The van der Waals surface area contributed by atoms with Gasteiger partial charge in [-0.2, -0.15) is 0 Å². The largest absolute Gasteiger partial charge is 0.315 e. The summed E-state index contributed by atoms with van der Waals surface area (Å²) < 4.78 is 12.9. The van der Waals surface area contributed by atoms with E-state index >= 15 is 0 Å². The van der Waals surface area contributed by atoms with Crippen LogP contribution in [0.2, 0.25) is 0 Å². The zero-order valence-corrected chi connectivity index (χ0v) is 10.0. The van der Waals surface area contributed by atoms with Gasteiger partial charge in [-0.15, -0.1) is 0 Å². The van der Waals surface area contributed by atoms with Crippen LogP contribution >= 0.6 is 0 Å². The molecule has 2 aliphatic rings. The Morgan fingerprint density at radius 1 is 1.24 bits per heavy atom. The molecule has 2 nitrogen and oxygen atoms in total. The maximum absolute atomic E-state index is 12.9. The van der Waals surface area contributed by atoms with Gasteiger partial charge < -0.3 is 10.6 Å². The Balaban J connectivity index is 1.70. The number of benzene rings is 1. The quantitative estimate of drug-likeness (QED) is 0.837. The molecule has 3 heteroatoms. The fourth-order valence-corrected chi connectivity index (χ4v) is 2.78. The second-order valence-corrected chi connectivity index (χ2v) is 5.28. The van der Waals surface area contributed by atoms with Gasteiger partial charge in [0, 0.05) is 18.1 Å². The van der Waals surface area contributed by atoms with Crippen LogP contribution in [0.4, 0.5) is 4.39 Å². The molecule has 1 aliphatic carbocycles. The summed E-state index contributed by atoms with van der Waals surface area (Å²) in [4.78, 5) is 0. The van der Waals surface area contributed by atoms with Crippen molar-refractivity contribution in [3.05, 3.63) is 35.6 Å². The van der Waals surface area contributed by atoms with Gasteiger partial charge in [0.05, 0.1) is 0 Å². The van der Waals surface area contributed by atoms with Gasteiger partial charge in [0.15, 0.2) is 0 Å². The maximum Gasteiger partial charge on any atom is 0.123 e. The number of hydrogen-bond donors (Lipinski definition) is 2. The summed E-state index contributed by atoms with van der Waals surface area (Å²) in [6, 6.07) is 7.54. The highest BCUT2D eigenvalue weighted by atomic mass is 19.1. The molecule has 1 saturated carbocycles. The molecular weight excluding hydrogens is 215 g/mol. The van der Waals surface area contributed by atoms with Crippen molar-refractivity contribution in [3.63, 3.8) is 0 Å². The van der Waals surface area contributed by atoms with Gasteiger partial charge in [0.1, 0.15) is 5.82 Å². The van der Waals surface area contributed by atoms with Crippen molar-refractivity contribution in [2.75, 3.05) is 13.1 Å². The average Bonchev–Trinajstić information content (AvgIpc) is 3.12. The minimum Gasteiger partial charge on any atom is -0.315 e. The second-order valence-electron chi connectivity index (χ2n) is 5.28. The second kappa shape index (κ2) is 4.39. The average molecular weight is 234 g/mol. The normalized spacial score (nSPS) is 26.8. The predicted octanol–water partition coefficient (Wildman–Crippen LogP) is 2.16. The summed E-state index contributed by atoms with van der Waals surface area (Å²) in [7, 11) is 0. The third-order valence-corrected chi connectivity index (χ3v) is 3.92. The lowest BCUT2D eigenvalue weighted by Crippen LogP contribution is -2.47. The molecule has 0 spiro atoms. The SMILES string of the molecule is Fc1ccc(C2(NC3CCCNC3)CC2)cc1. The van der Waals surface area contributed by atoms with Crippen molar-refractivity contribution >= 4 is 0 Å². The summed E-state index contributed by atoms with van der Waals surface area (Å²) in [6.07, 6.45) is 4.84. The molecule has 92 valence electrons. The number of piperidine rings is 1. The Morgan fingerprint density at radius 2 is 2.00 bits per heavy atom. The van der Waals surface area contributed by atoms with Crippen molar-refractivity contribution in [3.8, 4) is 0 Å². The Hall–Kier alpha value is -0.930. The van der Waals surface area contributed by atoms with E-state index in [9.17, 15) is 4.39 Å². The lowest BCUT2D eigenvalue weighted by atomic mass is 10.0. The van der Waals surface area contributed by atoms with Gasteiger partial charge in [0.25, 0.3) is 0 Å². The van der Waals surface area contributed by atoms with E-state index in [4.69, 9.17) is 0 Å². The summed E-state index contributed by atoms with van der Waals surface area (Å²) >= 11 is 0. The van der Waals surface area contributed by atoms with Crippen molar-refractivity contribution in [2.24, 2.45) is 0 Å². The van der Waals surface area contributed by atoms with Gasteiger partial charge >= 0.3 is 0 Å². The van der Waals surface area contributed by atoms with E-state index in [1.165, 1.54) is 31.2 Å². The molecule has 0 aromatic heterocycles. The summed E-state index contributed by atoms with van der Waals surface area (Å²) in [5.41, 5.74) is 1.38. The van der Waals surface area contributed by atoms with Crippen LogP contribution in [0.25, 0.3) is 0 Å². The summed E-state index contributed by atoms with van der Waals surface area (Å²) in [5.74, 6) is -0.149. The monoisotopic (exact) mass is 234 g/mol. The van der Waals surface area contributed by atoms with Crippen LogP contribution in [-0.2, 0) is 5.54 Å². The summed E-state index contributed by atoms with van der Waals surface area (Å²) in [6.45, 7) is 2.20. The molecule has 1 heterocycles. The molecule has 17 heavy (non-hydrogen) atoms. The summed E-state index contributed by atoms with van der Waals surface area (Å²) in [5, 5.41) is 7.18.